The lowest BCUT2D eigenvalue weighted by Crippen LogP contribution is -2.28. The highest BCUT2D eigenvalue weighted by Crippen LogP contribution is 2.29. The van der Waals surface area contributed by atoms with Crippen molar-refractivity contribution < 1.29 is 23.6 Å². The summed E-state index contributed by atoms with van der Waals surface area (Å²) in [6, 6.07) is 6.05. The van der Waals surface area contributed by atoms with Gasteiger partial charge in [0.1, 0.15) is 22.8 Å². The lowest BCUT2D eigenvalue weighted by atomic mass is 10.0. The Morgan fingerprint density at radius 1 is 1.30 bits per heavy atom. The molecule has 0 spiro atoms. The second-order valence-electron chi connectivity index (χ2n) is 6.07. The maximum atomic E-state index is 13.1. The van der Waals surface area contributed by atoms with Gasteiger partial charge in [0.25, 0.3) is 5.91 Å². The van der Waals surface area contributed by atoms with Crippen molar-refractivity contribution in [1.82, 2.24) is 20.3 Å². The standard InChI is InChI=1S/C18H17FN4O4/c1-9-8-13(21-23(9)3)17(24)20-10(2)16-14(18(25)26)15(22-27-16)11-4-6-12(19)7-5-11/h4-8,10H,1-3H3,(H,20,24)(H,25,26). The summed E-state index contributed by atoms with van der Waals surface area (Å²) in [6.07, 6.45) is 0. The zero-order chi connectivity index (χ0) is 19.7. The minimum atomic E-state index is -1.26. The second-order valence-corrected chi connectivity index (χ2v) is 6.07. The van der Waals surface area contributed by atoms with Crippen molar-refractivity contribution in [3.05, 3.63) is 58.9 Å². The Morgan fingerprint density at radius 3 is 2.52 bits per heavy atom. The largest absolute Gasteiger partial charge is 0.477 e. The van der Waals surface area contributed by atoms with E-state index in [1.165, 1.54) is 24.3 Å². The predicted molar refractivity (Wildman–Crippen MR) is 92.7 cm³/mol. The van der Waals surface area contributed by atoms with E-state index in [1.54, 1.807) is 31.6 Å². The van der Waals surface area contributed by atoms with Crippen molar-refractivity contribution in [2.45, 2.75) is 19.9 Å². The van der Waals surface area contributed by atoms with Gasteiger partial charge in [-0.2, -0.15) is 5.10 Å². The number of amides is 1. The number of carbonyl (C=O) groups is 2. The molecule has 0 saturated carbocycles. The third-order valence-corrected chi connectivity index (χ3v) is 4.14. The van der Waals surface area contributed by atoms with Crippen LogP contribution in [0, 0.1) is 12.7 Å². The quantitative estimate of drug-likeness (QED) is 0.712. The Bertz CT molecular complexity index is 988. The van der Waals surface area contributed by atoms with Crippen LogP contribution in [-0.2, 0) is 7.05 Å². The number of hydrogen-bond acceptors (Lipinski definition) is 5. The molecule has 0 aliphatic heterocycles. The van der Waals surface area contributed by atoms with E-state index in [4.69, 9.17) is 4.52 Å². The number of carboxylic acids is 1. The molecule has 2 aromatic heterocycles. The number of rotatable bonds is 5. The SMILES string of the molecule is Cc1cc(C(=O)NC(C)c2onc(-c3ccc(F)cc3)c2C(=O)O)nn1C. The molecule has 2 heterocycles. The van der Waals surface area contributed by atoms with Gasteiger partial charge in [-0.3, -0.25) is 9.48 Å². The zero-order valence-electron chi connectivity index (χ0n) is 14.9. The first-order valence-electron chi connectivity index (χ1n) is 8.08. The summed E-state index contributed by atoms with van der Waals surface area (Å²) in [5, 5.41) is 20.1. The molecule has 0 aliphatic rings. The molecule has 0 radical (unpaired) electrons. The molecule has 0 bridgehead atoms. The highest BCUT2D eigenvalue weighted by molar-refractivity contribution is 5.96. The Kier molecular flexibility index (Phi) is 4.76. The highest BCUT2D eigenvalue weighted by atomic mass is 19.1. The molecule has 2 N–H and O–H groups in total. The summed E-state index contributed by atoms with van der Waals surface area (Å²) >= 11 is 0. The van der Waals surface area contributed by atoms with Gasteiger partial charge < -0.3 is 14.9 Å². The number of carbonyl (C=O) groups excluding carboxylic acids is 1. The fourth-order valence-electron chi connectivity index (χ4n) is 2.62. The van der Waals surface area contributed by atoms with Crippen LogP contribution in [0.3, 0.4) is 0 Å². The molecule has 3 rings (SSSR count). The van der Waals surface area contributed by atoms with Crippen molar-refractivity contribution in [3.63, 3.8) is 0 Å². The van der Waals surface area contributed by atoms with Gasteiger partial charge >= 0.3 is 5.97 Å². The van der Waals surface area contributed by atoms with Gasteiger partial charge in [0.15, 0.2) is 5.76 Å². The molecule has 0 saturated heterocycles. The van der Waals surface area contributed by atoms with E-state index in [-0.39, 0.29) is 22.7 Å². The van der Waals surface area contributed by atoms with Gasteiger partial charge in [0, 0.05) is 18.3 Å². The van der Waals surface area contributed by atoms with Crippen molar-refractivity contribution in [3.8, 4) is 11.3 Å². The van der Waals surface area contributed by atoms with Crippen LogP contribution < -0.4 is 5.32 Å². The van der Waals surface area contributed by atoms with Gasteiger partial charge in [-0.15, -0.1) is 0 Å². The summed E-state index contributed by atoms with van der Waals surface area (Å²) in [6.45, 7) is 3.39. The van der Waals surface area contributed by atoms with Gasteiger partial charge in [0.05, 0.1) is 6.04 Å². The van der Waals surface area contributed by atoms with Crippen molar-refractivity contribution in [1.29, 1.82) is 0 Å². The van der Waals surface area contributed by atoms with Gasteiger partial charge in [-0.1, -0.05) is 5.16 Å². The first-order chi connectivity index (χ1) is 12.8. The van der Waals surface area contributed by atoms with Crippen LogP contribution in [0.5, 0.6) is 0 Å². The molecule has 1 amide bonds. The molecule has 9 heteroatoms. The summed E-state index contributed by atoms with van der Waals surface area (Å²) in [7, 11) is 1.71. The number of aromatic nitrogens is 3. The van der Waals surface area contributed by atoms with E-state index in [9.17, 15) is 19.1 Å². The predicted octanol–water partition coefficient (Wildman–Crippen LogP) is 2.71. The zero-order valence-corrected chi connectivity index (χ0v) is 14.9. The van der Waals surface area contributed by atoms with Gasteiger partial charge in [-0.05, 0) is 44.2 Å². The summed E-state index contributed by atoms with van der Waals surface area (Å²) in [4.78, 5) is 24.1. The highest BCUT2D eigenvalue weighted by Gasteiger charge is 2.28. The molecule has 140 valence electrons. The van der Waals surface area contributed by atoms with E-state index in [0.717, 1.165) is 5.69 Å². The van der Waals surface area contributed by atoms with E-state index in [0.29, 0.717) is 5.56 Å². The lowest BCUT2D eigenvalue weighted by Gasteiger charge is -2.10. The van der Waals surface area contributed by atoms with Crippen LogP contribution in [0.4, 0.5) is 4.39 Å². The molecule has 0 aliphatic carbocycles. The average molecular weight is 372 g/mol. The van der Waals surface area contributed by atoms with E-state index < -0.39 is 23.7 Å². The molecular weight excluding hydrogens is 355 g/mol. The summed E-state index contributed by atoms with van der Waals surface area (Å²) in [5.41, 5.74) is 1.27. The molecule has 1 aromatic carbocycles. The minimum absolute atomic E-state index is 0.0113. The van der Waals surface area contributed by atoms with Crippen LogP contribution in [0.15, 0.2) is 34.9 Å². The molecule has 1 atom stereocenters. The van der Waals surface area contributed by atoms with E-state index >= 15 is 0 Å². The molecular formula is C18H17FN4O4. The maximum absolute atomic E-state index is 13.1. The monoisotopic (exact) mass is 372 g/mol. The number of nitrogens with zero attached hydrogens (tertiary/aromatic N) is 3. The molecule has 0 fully saturated rings. The van der Waals surface area contributed by atoms with Crippen LogP contribution in [-0.4, -0.2) is 31.9 Å². The Balaban J connectivity index is 1.90. The topological polar surface area (TPSA) is 110 Å². The summed E-state index contributed by atoms with van der Waals surface area (Å²) < 4.78 is 19.9. The third-order valence-electron chi connectivity index (χ3n) is 4.14. The first kappa shape index (κ1) is 18.3. The van der Waals surface area contributed by atoms with Crippen LogP contribution >= 0.6 is 0 Å². The number of halogens is 1. The first-order valence-corrected chi connectivity index (χ1v) is 8.08. The second kappa shape index (κ2) is 7.02. The van der Waals surface area contributed by atoms with Crippen LogP contribution in [0.2, 0.25) is 0 Å². The molecule has 3 aromatic rings. The molecule has 1 unspecified atom stereocenters. The van der Waals surface area contributed by atoms with Crippen molar-refractivity contribution in [2.75, 3.05) is 0 Å². The van der Waals surface area contributed by atoms with Gasteiger partial charge in [0.2, 0.25) is 0 Å². The minimum Gasteiger partial charge on any atom is -0.477 e. The normalized spacial score (nSPS) is 12.0. The fourth-order valence-corrected chi connectivity index (χ4v) is 2.62. The van der Waals surface area contributed by atoms with Crippen molar-refractivity contribution >= 4 is 11.9 Å². The van der Waals surface area contributed by atoms with Crippen LogP contribution in [0.1, 0.15) is 45.3 Å². The lowest BCUT2D eigenvalue weighted by molar-refractivity contribution is 0.0692. The Hall–Kier alpha value is -3.49. The number of aryl methyl sites for hydroxylation is 2. The smallest absolute Gasteiger partial charge is 0.341 e. The molecule has 27 heavy (non-hydrogen) atoms. The number of aromatic carboxylic acids is 1. The van der Waals surface area contributed by atoms with Crippen molar-refractivity contribution in [2.24, 2.45) is 7.05 Å². The fraction of sp³-hybridized carbons (Fsp3) is 0.222. The van der Waals surface area contributed by atoms with Crippen LogP contribution in [0.25, 0.3) is 11.3 Å². The molecule has 8 nitrogen and oxygen atoms in total. The van der Waals surface area contributed by atoms with E-state index in [2.05, 4.69) is 15.6 Å². The number of hydrogen-bond donors (Lipinski definition) is 2. The average Bonchev–Trinajstić information content (AvgIpc) is 3.20. The Morgan fingerprint density at radius 2 is 1.96 bits per heavy atom. The van der Waals surface area contributed by atoms with E-state index in [1.807, 2.05) is 0 Å². The Labute approximate surface area is 153 Å². The number of benzene rings is 1. The number of carboxylic acid groups (broad SMARTS) is 1. The maximum Gasteiger partial charge on any atom is 0.341 e. The third kappa shape index (κ3) is 3.57. The summed E-state index contributed by atoms with van der Waals surface area (Å²) in [5.74, 6) is -2.20. The number of nitrogens with one attached hydrogen (secondary N) is 1. The van der Waals surface area contributed by atoms with Gasteiger partial charge in [-0.25, -0.2) is 9.18 Å².